The molecule has 0 spiro atoms. The molecule has 20 heavy (non-hydrogen) atoms. The van der Waals surface area contributed by atoms with E-state index in [4.69, 9.17) is 5.73 Å². The zero-order valence-electron chi connectivity index (χ0n) is 11.6. The lowest BCUT2D eigenvalue weighted by Crippen LogP contribution is -2.15. The number of carbonyl (C=O) groups is 1. The summed E-state index contributed by atoms with van der Waals surface area (Å²) in [5.74, 6) is -0.181. The summed E-state index contributed by atoms with van der Waals surface area (Å²) in [4.78, 5) is 16.3. The molecule has 4 nitrogen and oxygen atoms in total. The summed E-state index contributed by atoms with van der Waals surface area (Å²) >= 11 is 0. The molecule has 0 aliphatic rings. The average molecular weight is 269 g/mol. The average Bonchev–Trinajstić information content (AvgIpc) is 2.46. The van der Waals surface area contributed by atoms with Gasteiger partial charge >= 0.3 is 0 Å². The van der Waals surface area contributed by atoms with E-state index in [0.717, 1.165) is 24.1 Å². The van der Waals surface area contributed by atoms with E-state index in [1.54, 1.807) is 6.20 Å². The third kappa shape index (κ3) is 3.65. The van der Waals surface area contributed by atoms with Gasteiger partial charge in [0.15, 0.2) is 0 Å². The monoisotopic (exact) mass is 269 g/mol. The maximum absolute atomic E-state index is 12.2. The van der Waals surface area contributed by atoms with Gasteiger partial charge in [0.25, 0.3) is 5.91 Å². The highest BCUT2D eigenvalue weighted by Gasteiger charge is 2.10. The molecule has 1 aromatic carbocycles. The van der Waals surface area contributed by atoms with Gasteiger partial charge in [0, 0.05) is 11.9 Å². The Hall–Kier alpha value is -2.20. The van der Waals surface area contributed by atoms with Crippen molar-refractivity contribution in [3.05, 3.63) is 59.4 Å². The van der Waals surface area contributed by atoms with Crippen molar-refractivity contribution < 1.29 is 4.79 Å². The fourth-order valence-corrected chi connectivity index (χ4v) is 2.02. The van der Waals surface area contributed by atoms with Crippen molar-refractivity contribution in [2.45, 2.75) is 19.8 Å². The smallest absolute Gasteiger partial charge is 0.274 e. The Morgan fingerprint density at radius 3 is 2.90 bits per heavy atom. The van der Waals surface area contributed by atoms with Gasteiger partial charge in [-0.25, -0.2) is 0 Å². The van der Waals surface area contributed by atoms with Crippen molar-refractivity contribution in [1.82, 2.24) is 4.98 Å². The van der Waals surface area contributed by atoms with E-state index in [1.807, 2.05) is 43.3 Å². The number of pyridine rings is 1. The molecule has 2 rings (SSSR count). The number of aryl methyl sites for hydroxylation is 2. The SMILES string of the molecule is Cc1cccnc1C(=O)Nc1cccc(CCCN)c1. The normalized spacial score (nSPS) is 10.3. The molecular weight excluding hydrogens is 250 g/mol. The number of aromatic nitrogens is 1. The molecule has 4 heteroatoms. The highest BCUT2D eigenvalue weighted by atomic mass is 16.1. The second-order valence-electron chi connectivity index (χ2n) is 4.72. The van der Waals surface area contributed by atoms with Gasteiger partial charge in [0.1, 0.15) is 5.69 Å². The number of amides is 1. The molecule has 1 amide bonds. The van der Waals surface area contributed by atoms with Crippen molar-refractivity contribution in [3.8, 4) is 0 Å². The summed E-state index contributed by atoms with van der Waals surface area (Å²) in [7, 11) is 0. The number of benzene rings is 1. The Bertz CT molecular complexity index is 596. The topological polar surface area (TPSA) is 68.0 Å². The number of nitrogens with two attached hydrogens (primary N) is 1. The van der Waals surface area contributed by atoms with Crippen molar-refractivity contribution in [3.63, 3.8) is 0 Å². The van der Waals surface area contributed by atoms with Crippen LogP contribution in [0.4, 0.5) is 5.69 Å². The van der Waals surface area contributed by atoms with Crippen LogP contribution in [0.1, 0.15) is 28.0 Å². The summed E-state index contributed by atoms with van der Waals surface area (Å²) in [6.45, 7) is 2.54. The Kier molecular flexibility index (Phi) is 4.85. The first kappa shape index (κ1) is 14.2. The molecule has 104 valence electrons. The first-order valence-electron chi connectivity index (χ1n) is 6.72. The van der Waals surface area contributed by atoms with Crippen LogP contribution in [0.25, 0.3) is 0 Å². The number of hydrogen-bond acceptors (Lipinski definition) is 3. The fraction of sp³-hybridized carbons (Fsp3) is 0.250. The number of nitrogens with one attached hydrogen (secondary N) is 1. The molecule has 0 atom stereocenters. The van der Waals surface area contributed by atoms with Gasteiger partial charge in [-0.1, -0.05) is 18.2 Å². The second-order valence-corrected chi connectivity index (χ2v) is 4.72. The van der Waals surface area contributed by atoms with Crippen LogP contribution in [0.3, 0.4) is 0 Å². The van der Waals surface area contributed by atoms with Crippen molar-refractivity contribution >= 4 is 11.6 Å². The summed E-state index contributed by atoms with van der Waals surface area (Å²) in [6, 6.07) is 11.5. The maximum Gasteiger partial charge on any atom is 0.274 e. The molecule has 0 saturated heterocycles. The maximum atomic E-state index is 12.2. The van der Waals surface area contributed by atoms with Gasteiger partial charge in [0.05, 0.1) is 0 Å². The standard InChI is InChI=1S/C16H19N3O/c1-12-5-4-10-18-15(12)16(20)19-14-8-2-6-13(11-14)7-3-9-17/h2,4-6,8,10-11H,3,7,9,17H2,1H3,(H,19,20). The molecule has 0 radical (unpaired) electrons. The molecule has 0 bridgehead atoms. The van der Waals surface area contributed by atoms with Crippen molar-refractivity contribution in [2.24, 2.45) is 5.73 Å². The van der Waals surface area contributed by atoms with E-state index in [-0.39, 0.29) is 5.91 Å². The van der Waals surface area contributed by atoms with E-state index in [2.05, 4.69) is 10.3 Å². The molecule has 0 aliphatic carbocycles. The number of anilines is 1. The van der Waals surface area contributed by atoms with Gasteiger partial charge in [-0.05, 0) is 55.6 Å². The van der Waals surface area contributed by atoms with Gasteiger partial charge in [-0.3, -0.25) is 9.78 Å². The molecule has 1 heterocycles. The predicted octanol–water partition coefficient (Wildman–Crippen LogP) is 2.53. The summed E-state index contributed by atoms with van der Waals surface area (Å²) in [5, 5.41) is 2.88. The number of hydrogen-bond donors (Lipinski definition) is 2. The van der Waals surface area contributed by atoms with E-state index in [1.165, 1.54) is 5.56 Å². The van der Waals surface area contributed by atoms with Crippen molar-refractivity contribution in [2.75, 3.05) is 11.9 Å². The van der Waals surface area contributed by atoms with Gasteiger partial charge < -0.3 is 11.1 Å². The van der Waals surface area contributed by atoms with E-state index >= 15 is 0 Å². The van der Waals surface area contributed by atoms with Gasteiger partial charge in [-0.2, -0.15) is 0 Å². The Morgan fingerprint density at radius 1 is 1.30 bits per heavy atom. The first-order valence-corrected chi connectivity index (χ1v) is 6.72. The van der Waals surface area contributed by atoms with Crippen LogP contribution < -0.4 is 11.1 Å². The Balaban J connectivity index is 2.10. The highest BCUT2D eigenvalue weighted by molar-refractivity contribution is 6.03. The van der Waals surface area contributed by atoms with Crippen LogP contribution in [0.2, 0.25) is 0 Å². The number of rotatable bonds is 5. The minimum atomic E-state index is -0.181. The summed E-state index contributed by atoms with van der Waals surface area (Å²) in [6.07, 6.45) is 3.49. The molecule has 0 aliphatic heterocycles. The summed E-state index contributed by atoms with van der Waals surface area (Å²) in [5.41, 5.74) is 8.79. The molecule has 0 saturated carbocycles. The van der Waals surface area contributed by atoms with Crippen LogP contribution >= 0.6 is 0 Å². The zero-order valence-corrected chi connectivity index (χ0v) is 11.6. The minimum Gasteiger partial charge on any atom is -0.330 e. The number of nitrogens with zero attached hydrogens (tertiary/aromatic N) is 1. The van der Waals surface area contributed by atoms with Gasteiger partial charge in [0.2, 0.25) is 0 Å². The van der Waals surface area contributed by atoms with Crippen LogP contribution in [-0.4, -0.2) is 17.4 Å². The van der Waals surface area contributed by atoms with E-state index < -0.39 is 0 Å². The largest absolute Gasteiger partial charge is 0.330 e. The molecule has 0 fully saturated rings. The quantitative estimate of drug-likeness (QED) is 0.876. The zero-order chi connectivity index (χ0) is 14.4. The van der Waals surface area contributed by atoms with Crippen LogP contribution in [-0.2, 0) is 6.42 Å². The highest BCUT2D eigenvalue weighted by Crippen LogP contribution is 2.14. The lowest BCUT2D eigenvalue weighted by molar-refractivity contribution is 0.102. The molecular formula is C16H19N3O. The van der Waals surface area contributed by atoms with Crippen LogP contribution in [0, 0.1) is 6.92 Å². The number of carbonyl (C=O) groups excluding carboxylic acids is 1. The Morgan fingerprint density at radius 2 is 2.15 bits per heavy atom. The molecule has 2 aromatic rings. The summed E-state index contributed by atoms with van der Waals surface area (Å²) < 4.78 is 0. The lowest BCUT2D eigenvalue weighted by atomic mass is 10.1. The van der Waals surface area contributed by atoms with E-state index in [9.17, 15) is 4.79 Å². The first-order chi connectivity index (χ1) is 9.70. The lowest BCUT2D eigenvalue weighted by Gasteiger charge is -2.08. The van der Waals surface area contributed by atoms with Crippen LogP contribution in [0.15, 0.2) is 42.6 Å². The third-order valence-corrected chi connectivity index (χ3v) is 3.08. The van der Waals surface area contributed by atoms with Crippen molar-refractivity contribution in [1.29, 1.82) is 0 Å². The minimum absolute atomic E-state index is 0.181. The molecule has 3 N–H and O–H groups in total. The van der Waals surface area contributed by atoms with E-state index in [0.29, 0.717) is 12.2 Å². The second kappa shape index (κ2) is 6.82. The third-order valence-electron chi connectivity index (χ3n) is 3.08. The van der Waals surface area contributed by atoms with Crippen LogP contribution in [0.5, 0.6) is 0 Å². The Labute approximate surface area is 119 Å². The fourth-order valence-electron chi connectivity index (χ4n) is 2.02. The molecule has 1 aromatic heterocycles. The van der Waals surface area contributed by atoms with Gasteiger partial charge in [-0.15, -0.1) is 0 Å². The molecule has 0 unspecified atom stereocenters. The predicted molar refractivity (Wildman–Crippen MR) is 80.7 cm³/mol.